The molecule has 0 aromatic rings. The molecule has 0 bridgehead atoms. The van der Waals surface area contributed by atoms with Crippen LogP contribution in [0.5, 0.6) is 0 Å². The van der Waals surface area contributed by atoms with E-state index in [0.717, 1.165) is 0 Å². The van der Waals surface area contributed by atoms with Gasteiger partial charge in [-0.3, -0.25) is 20.2 Å². The Hall–Kier alpha value is -1.34. The van der Waals surface area contributed by atoms with Crippen LogP contribution in [0, 0.1) is 0 Å². The van der Waals surface area contributed by atoms with Gasteiger partial charge >= 0.3 is 12.0 Å². The van der Waals surface area contributed by atoms with Crippen LogP contribution in [-0.4, -0.2) is 42.1 Å². The summed E-state index contributed by atoms with van der Waals surface area (Å²) >= 11 is 0. The zero-order chi connectivity index (χ0) is 13.4. The number of halogens is 1. The lowest BCUT2D eigenvalue weighted by molar-refractivity contribution is -0.140. The Bertz CT molecular complexity index is 299. The second kappa shape index (κ2) is 9.67. The van der Waals surface area contributed by atoms with E-state index < -0.39 is 30.0 Å². The van der Waals surface area contributed by atoms with Crippen LogP contribution >= 0.6 is 12.4 Å². The number of aliphatic carboxylic acids is 1. The number of hydrogen-bond donors (Lipinski definition) is 4. The van der Waals surface area contributed by atoms with Gasteiger partial charge in [0.2, 0.25) is 5.91 Å². The van der Waals surface area contributed by atoms with Crippen LogP contribution in [-0.2, 0) is 9.59 Å². The Morgan fingerprint density at radius 1 is 1.28 bits per heavy atom. The summed E-state index contributed by atoms with van der Waals surface area (Å²) in [4.78, 5) is 33.2. The number of carbonyl (C=O) groups is 3. The van der Waals surface area contributed by atoms with E-state index in [-0.39, 0.29) is 12.4 Å². The number of carboxylic acid groups (broad SMARTS) is 1. The van der Waals surface area contributed by atoms with Crippen LogP contribution in [0.25, 0.3) is 0 Å². The molecule has 0 aliphatic carbocycles. The SMILES string of the molecule is CCCC(NC(C)C(=O)NC(=O)NC)C(=O)O.Cl. The highest BCUT2D eigenvalue weighted by molar-refractivity contribution is 5.96. The molecule has 0 fully saturated rings. The third-order valence-electron chi connectivity index (χ3n) is 2.18. The summed E-state index contributed by atoms with van der Waals surface area (Å²) in [5.74, 6) is -1.57. The molecule has 0 aliphatic rings. The molecule has 3 amide bonds. The first-order valence-electron chi connectivity index (χ1n) is 5.43. The van der Waals surface area contributed by atoms with Crippen molar-refractivity contribution in [1.29, 1.82) is 0 Å². The van der Waals surface area contributed by atoms with Crippen LogP contribution in [0.2, 0.25) is 0 Å². The van der Waals surface area contributed by atoms with Crippen LogP contribution in [0.15, 0.2) is 0 Å². The minimum absolute atomic E-state index is 0. The van der Waals surface area contributed by atoms with Crippen molar-refractivity contribution in [2.45, 2.75) is 38.8 Å². The Balaban J connectivity index is 0. The molecule has 0 aromatic heterocycles. The summed E-state index contributed by atoms with van der Waals surface area (Å²) in [6, 6.07) is -2.16. The Morgan fingerprint density at radius 2 is 1.83 bits per heavy atom. The Kier molecular flexibility index (Phi) is 10.2. The summed E-state index contributed by atoms with van der Waals surface area (Å²) < 4.78 is 0. The molecule has 0 aliphatic heterocycles. The Morgan fingerprint density at radius 3 is 2.22 bits per heavy atom. The quantitative estimate of drug-likeness (QED) is 0.552. The van der Waals surface area contributed by atoms with Crippen molar-refractivity contribution in [2.75, 3.05) is 7.05 Å². The highest BCUT2D eigenvalue weighted by atomic mass is 35.5. The predicted molar refractivity (Wildman–Crippen MR) is 68.8 cm³/mol. The van der Waals surface area contributed by atoms with Gasteiger partial charge in [-0.25, -0.2) is 4.79 Å². The van der Waals surface area contributed by atoms with Gasteiger partial charge in [0.1, 0.15) is 6.04 Å². The summed E-state index contributed by atoms with van der Waals surface area (Å²) in [7, 11) is 1.39. The first-order valence-corrected chi connectivity index (χ1v) is 5.43. The minimum Gasteiger partial charge on any atom is -0.480 e. The smallest absolute Gasteiger partial charge is 0.321 e. The highest BCUT2D eigenvalue weighted by Gasteiger charge is 2.22. The van der Waals surface area contributed by atoms with Gasteiger partial charge in [-0.15, -0.1) is 12.4 Å². The monoisotopic (exact) mass is 281 g/mol. The third-order valence-corrected chi connectivity index (χ3v) is 2.18. The molecule has 8 heteroatoms. The number of urea groups is 1. The van der Waals surface area contributed by atoms with Gasteiger partial charge in [-0.1, -0.05) is 13.3 Å². The lowest BCUT2D eigenvalue weighted by atomic mass is 10.1. The molecule has 0 spiro atoms. The Labute approximate surface area is 112 Å². The number of carbonyl (C=O) groups excluding carboxylic acids is 2. The summed E-state index contributed by atoms with van der Waals surface area (Å²) in [5, 5.41) is 15.9. The largest absolute Gasteiger partial charge is 0.480 e. The molecule has 7 nitrogen and oxygen atoms in total. The molecule has 18 heavy (non-hydrogen) atoms. The zero-order valence-electron chi connectivity index (χ0n) is 10.6. The number of carboxylic acids is 1. The molecule has 0 heterocycles. The fourth-order valence-electron chi connectivity index (χ4n) is 1.23. The van der Waals surface area contributed by atoms with Crippen molar-refractivity contribution < 1.29 is 19.5 Å². The normalized spacial score (nSPS) is 12.8. The first-order chi connectivity index (χ1) is 7.92. The predicted octanol–water partition coefficient (Wildman–Crippen LogP) is 0.0952. The molecule has 4 N–H and O–H groups in total. The van der Waals surface area contributed by atoms with Gasteiger partial charge in [0.05, 0.1) is 6.04 Å². The molecule has 0 saturated carbocycles. The maximum Gasteiger partial charge on any atom is 0.321 e. The van der Waals surface area contributed by atoms with Gasteiger partial charge in [0.25, 0.3) is 0 Å². The molecule has 106 valence electrons. The zero-order valence-corrected chi connectivity index (χ0v) is 11.5. The summed E-state index contributed by atoms with van der Waals surface area (Å²) in [5.41, 5.74) is 0. The van der Waals surface area contributed by atoms with E-state index in [1.165, 1.54) is 14.0 Å². The van der Waals surface area contributed by atoms with Crippen LogP contribution < -0.4 is 16.0 Å². The third kappa shape index (κ3) is 7.08. The van der Waals surface area contributed by atoms with E-state index in [0.29, 0.717) is 12.8 Å². The average molecular weight is 282 g/mol. The highest BCUT2D eigenvalue weighted by Crippen LogP contribution is 1.98. The van der Waals surface area contributed by atoms with E-state index in [1.807, 2.05) is 6.92 Å². The second-order valence-corrected chi connectivity index (χ2v) is 3.64. The van der Waals surface area contributed by atoms with Crippen molar-refractivity contribution in [1.82, 2.24) is 16.0 Å². The molecule has 0 saturated heterocycles. The average Bonchev–Trinajstić information content (AvgIpc) is 2.27. The first kappa shape index (κ1) is 19.0. The molecule has 0 aromatic carbocycles. The van der Waals surface area contributed by atoms with Crippen molar-refractivity contribution >= 4 is 30.3 Å². The van der Waals surface area contributed by atoms with Gasteiger partial charge in [0, 0.05) is 7.05 Å². The lowest BCUT2D eigenvalue weighted by Gasteiger charge is -2.18. The topological polar surface area (TPSA) is 108 Å². The van der Waals surface area contributed by atoms with Gasteiger partial charge in [-0.05, 0) is 13.3 Å². The lowest BCUT2D eigenvalue weighted by Crippen LogP contribution is -2.51. The molecule has 2 atom stereocenters. The molecular weight excluding hydrogens is 262 g/mol. The number of imide groups is 1. The van der Waals surface area contributed by atoms with E-state index in [1.54, 1.807) is 0 Å². The molecule has 0 radical (unpaired) electrons. The number of amides is 3. The summed E-state index contributed by atoms with van der Waals surface area (Å²) in [6.07, 6.45) is 1.11. The fraction of sp³-hybridized carbons (Fsp3) is 0.700. The standard InChI is InChI=1S/C10H19N3O4.ClH/c1-4-5-7(9(15)16)12-6(2)8(14)13-10(17)11-3;/h6-7,12H,4-5H2,1-3H3,(H,15,16)(H2,11,13,14,17);1H. The van der Waals surface area contributed by atoms with Gasteiger partial charge < -0.3 is 10.4 Å². The van der Waals surface area contributed by atoms with Crippen LogP contribution in [0.1, 0.15) is 26.7 Å². The van der Waals surface area contributed by atoms with E-state index in [9.17, 15) is 14.4 Å². The number of rotatable bonds is 6. The molecule has 0 rings (SSSR count). The maximum atomic E-state index is 11.4. The molecule has 2 unspecified atom stereocenters. The van der Waals surface area contributed by atoms with E-state index in [4.69, 9.17) is 5.11 Å². The van der Waals surface area contributed by atoms with Crippen LogP contribution in [0.3, 0.4) is 0 Å². The molecular formula is C10H20ClN3O4. The minimum atomic E-state index is -1.01. The van der Waals surface area contributed by atoms with E-state index >= 15 is 0 Å². The van der Waals surface area contributed by atoms with Crippen molar-refractivity contribution in [2.24, 2.45) is 0 Å². The van der Waals surface area contributed by atoms with Gasteiger partial charge in [0.15, 0.2) is 0 Å². The number of nitrogens with one attached hydrogen (secondary N) is 3. The van der Waals surface area contributed by atoms with Crippen molar-refractivity contribution in [3.05, 3.63) is 0 Å². The van der Waals surface area contributed by atoms with Crippen LogP contribution in [0.4, 0.5) is 4.79 Å². The van der Waals surface area contributed by atoms with E-state index in [2.05, 4.69) is 16.0 Å². The van der Waals surface area contributed by atoms with Gasteiger partial charge in [-0.2, -0.15) is 0 Å². The van der Waals surface area contributed by atoms with Crippen molar-refractivity contribution in [3.63, 3.8) is 0 Å². The summed E-state index contributed by atoms with van der Waals surface area (Å²) in [6.45, 7) is 3.36. The maximum absolute atomic E-state index is 11.4. The van der Waals surface area contributed by atoms with Crippen molar-refractivity contribution in [3.8, 4) is 0 Å². The fourth-order valence-corrected chi connectivity index (χ4v) is 1.23. The number of hydrogen-bond acceptors (Lipinski definition) is 4. The second-order valence-electron chi connectivity index (χ2n) is 3.64.